The van der Waals surface area contributed by atoms with Crippen LogP contribution in [-0.2, 0) is 9.53 Å². The first-order valence-electron chi connectivity index (χ1n) is 6.51. The van der Waals surface area contributed by atoms with Crippen molar-refractivity contribution in [1.29, 1.82) is 0 Å². The Morgan fingerprint density at radius 3 is 2.74 bits per heavy atom. The lowest BCUT2D eigenvalue weighted by molar-refractivity contribution is -0.139. The Kier molecular flexibility index (Phi) is 3.92. The van der Waals surface area contributed by atoms with Crippen molar-refractivity contribution < 1.29 is 19.7 Å². The summed E-state index contributed by atoms with van der Waals surface area (Å²) in [5, 5.41) is 20.2. The van der Waals surface area contributed by atoms with E-state index < -0.39 is 30.2 Å². The van der Waals surface area contributed by atoms with Crippen LogP contribution in [0.25, 0.3) is 0 Å². The Morgan fingerprint density at radius 2 is 2.05 bits per heavy atom. The largest absolute Gasteiger partial charge is 0.458 e. The van der Waals surface area contributed by atoms with Crippen LogP contribution in [0.5, 0.6) is 0 Å². The summed E-state index contributed by atoms with van der Waals surface area (Å²) in [6.45, 7) is 9.47. The number of esters is 1. The zero-order valence-corrected chi connectivity index (χ0v) is 11.1. The van der Waals surface area contributed by atoms with E-state index >= 15 is 0 Å². The van der Waals surface area contributed by atoms with Crippen molar-refractivity contribution in [1.82, 2.24) is 0 Å². The fourth-order valence-electron chi connectivity index (χ4n) is 2.68. The molecule has 0 aromatic heterocycles. The first-order valence-corrected chi connectivity index (χ1v) is 6.51. The molecule has 0 aromatic rings. The lowest BCUT2D eigenvalue weighted by Gasteiger charge is -2.25. The van der Waals surface area contributed by atoms with Crippen LogP contribution in [0.1, 0.15) is 26.2 Å². The van der Waals surface area contributed by atoms with E-state index in [-0.39, 0.29) is 0 Å². The van der Waals surface area contributed by atoms with Crippen molar-refractivity contribution in [2.24, 2.45) is 5.92 Å². The van der Waals surface area contributed by atoms with Crippen molar-refractivity contribution in [2.75, 3.05) is 0 Å². The molecule has 0 unspecified atom stereocenters. The van der Waals surface area contributed by atoms with Gasteiger partial charge < -0.3 is 14.9 Å². The van der Waals surface area contributed by atoms with Gasteiger partial charge in [-0.1, -0.05) is 24.8 Å². The van der Waals surface area contributed by atoms with Gasteiger partial charge in [-0.3, -0.25) is 0 Å². The first-order chi connectivity index (χ1) is 8.90. The van der Waals surface area contributed by atoms with Crippen molar-refractivity contribution in [3.8, 4) is 0 Å². The SMILES string of the molecule is C=C1C(=O)O[C@H]2CC(=C)[C@H](O)CC/C(C)=C\[C@H](O)[C@@H]12. The topological polar surface area (TPSA) is 66.8 Å². The summed E-state index contributed by atoms with van der Waals surface area (Å²) in [6, 6.07) is 0. The molecule has 0 spiro atoms. The lowest BCUT2D eigenvalue weighted by atomic mass is 9.84. The third kappa shape index (κ3) is 2.80. The van der Waals surface area contributed by atoms with E-state index in [9.17, 15) is 15.0 Å². The summed E-state index contributed by atoms with van der Waals surface area (Å²) < 4.78 is 5.23. The van der Waals surface area contributed by atoms with Gasteiger partial charge in [-0.05, 0) is 25.3 Å². The van der Waals surface area contributed by atoms with E-state index in [0.717, 1.165) is 5.57 Å². The number of aliphatic hydroxyl groups excluding tert-OH is 2. The lowest BCUT2D eigenvalue weighted by Crippen LogP contribution is -2.30. The number of aliphatic hydroxyl groups is 2. The molecule has 4 nitrogen and oxygen atoms in total. The van der Waals surface area contributed by atoms with Crippen molar-refractivity contribution >= 4 is 5.97 Å². The van der Waals surface area contributed by atoms with Crippen LogP contribution >= 0.6 is 0 Å². The van der Waals surface area contributed by atoms with Gasteiger partial charge in [0.2, 0.25) is 0 Å². The molecule has 1 saturated heterocycles. The maximum atomic E-state index is 11.6. The van der Waals surface area contributed by atoms with Crippen molar-refractivity contribution in [3.63, 3.8) is 0 Å². The Balaban J connectivity index is 2.33. The number of allylic oxidation sites excluding steroid dienone is 1. The van der Waals surface area contributed by atoms with Gasteiger partial charge in [-0.25, -0.2) is 4.79 Å². The second-order valence-corrected chi connectivity index (χ2v) is 5.42. The van der Waals surface area contributed by atoms with Gasteiger partial charge in [-0.15, -0.1) is 0 Å². The molecule has 0 aromatic carbocycles. The van der Waals surface area contributed by atoms with Crippen LogP contribution in [0.2, 0.25) is 0 Å². The highest BCUT2D eigenvalue weighted by atomic mass is 16.6. The Hall–Kier alpha value is -1.39. The Labute approximate surface area is 113 Å². The van der Waals surface area contributed by atoms with Crippen LogP contribution in [0.4, 0.5) is 0 Å². The van der Waals surface area contributed by atoms with Crippen LogP contribution in [0, 0.1) is 5.92 Å². The summed E-state index contributed by atoms with van der Waals surface area (Å²) in [6.07, 6.45) is 1.47. The molecule has 2 rings (SSSR count). The minimum atomic E-state index is -0.785. The predicted molar refractivity (Wildman–Crippen MR) is 71.3 cm³/mol. The zero-order valence-electron chi connectivity index (χ0n) is 11.1. The molecule has 1 heterocycles. The van der Waals surface area contributed by atoms with Crippen LogP contribution < -0.4 is 0 Å². The molecular formula is C15H20O4. The fourth-order valence-corrected chi connectivity index (χ4v) is 2.68. The standard InChI is InChI=1S/C15H20O4/c1-8-4-5-11(16)9(2)7-13-14(12(17)6-8)10(3)15(18)19-13/h6,11-14,16-17H,2-5,7H2,1H3/b8-6-/t11-,12+,13+,14-/m1/s1. The minimum absolute atomic E-state index is 0.296. The predicted octanol–water partition coefficient (Wildman–Crippen LogP) is 1.49. The highest BCUT2D eigenvalue weighted by Crippen LogP contribution is 2.35. The number of rotatable bonds is 0. The second-order valence-electron chi connectivity index (χ2n) is 5.42. The number of hydrogen-bond acceptors (Lipinski definition) is 4. The second kappa shape index (κ2) is 5.31. The molecule has 2 N–H and O–H groups in total. The van der Waals surface area contributed by atoms with Gasteiger partial charge in [0.25, 0.3) is 0 Å². The maximum Gasteiger partial charge on any atom is 0.334 e. The monoisotopic (exact) mass is 264 g/mol. The highest BCUT2D eigenvalue weighted by Gasteiger charge is 2.42. The minimum Gasteiger partial charge on any atom is -0.458 e. The van der Waals surface area contributed by atoms with Crippen LogP contribution in [0.3, 0.4) is 0 Å². The van der Waals surface area contributed by atoms with Gasteiger partial charge in [0.15, 0.2) is 0 Å². The summed E-state index contributed by atoms with van der Waals surface area (Å²) in [5.74, 6) is -0.925. The Morgan fingerprint density at radius 1 is 1.37 bits per heavy atom. The summed E-state index contributed by atoms with van der Waals surface area (Å²) in [5.41, 5.74) is 1.91. The third-order valence-corrected chi connectivity index (χ3v) is 3.89. The number of hydrogen-bond donors (Lipinski definition) is 2. The summed E-state index contributed by atoms with van der Waals surface area (Å²) in [4.78, 5) is 11.6. The van der Waals surface area contributed by atoms with Gasteiger partial charge >= 0.3 is 5.97 Å². The molecule has 1 aliphatic heterocycles. The molecular weight excluding hydrogens is 244 g/mol. The van der Waals surface area contributed by atoms with Crippen LogP contribution in [-0.4, -0.2) is 34.5 Å². The molecule has 104 valence electrons. The van der Waals surface area contributed by atoms with Crippen LogP contribution in [0.15, 0.2) is 36.0 Å². The van der Waals surface area contributed by atoms with Crippen molar-refractivity contribution in [3.05, 3.63) is 36.0 Å². The first kappa shape index (κ1) is 14.0. The van der Waals surface area contributed by atoms with Gasteiger partial charge in [0.1, 0.15) is 6.10 Å². The molecule has 0 radical (unpaired) electrons. The molecule has 4 atom stereocenters. The fraction of sp³-hybridized carbons (Fsp3) is 0.533. The third-order valence-electron chi connectivity index (χ3n) is 3.89. The molecule has 19 heavy (non-hydrogen) atoms. The number of fused-ring (bicyclic) bond motifs is 1. The van der Waals surface area contributed by atoms with Crippen molar-refractivity contribution in [2.45, 2.75) is 44.5 Å². The molecule has 4 heteroatoms. The highest BCUT2D eigenvalue weighted by molar-refractivity contribution is 5.91. The zero-order chi connectivity index (χ0) is 14.2. The Bertz CT molecular complexity index is 449. The molecule has 0 saturated carbocycles. The van der Waals surface area contributed by atoms with E-state index in [1.807, 2.05) is 6.92 Å². The number of carbonyl (C=O) groups is 1. The van der Waals surface area contributed by atoms with Gasteiger partial charge in [0.05, 0.1) is 18.1 Å². The van der Waals surface area contributed by atoms with E-state index in [2.05, 4.69) is 13.2 Å². The number of ether oxygens (including phenoxy) is 1. The van der Waals surface area contributed by atoms with E-state index in [1.54, 1.807) is 6.08 Å². The number of carbonyl (C=O) groups excluding carboxylic acids is 1. The maximum absolute atomic E-state index is 11.6. The molecule has 1 fully saturated rings. The van der Waals surface area contributed by atoms with E-state index in [0.29, 0.717) is 30.4 Å². The summed E-state index contributed by atoms with van der Waals surface area (Å²) in [7, 11) is 0. The average molecular weight is 264 g/mol. The van der Waals surface area contributed by atoms with Gasteiger partial charge in [0, 0.05) is 12.0 Å². The van der Waals surface area contributed by atoms with E-state index in [4.69, 9.17) is 4.74 Å². The normalized spacial score (nSPS) is 39.3. The molecule has 0 bridgehead atoms. The summed E-state index contributed by atoms with van der Waals surface area (Å²) >= 11 is 0. The molecule has 2 aliphatic rings. The van der Waals surface area contributed by atoms with Gasteiger partial charge in [-0.2, -0.15) is 0 Å². The van der Waals surface area contributed by atoms with E-state index in [1.165, 1.54) is 0 Å². The average Bonchev–Trinajstić information content (AvgIpc) is 2.60. The molecule has 0 amide bonds. The molecule has 1 aliphatic carbocycles. The quantitative estimate of drug-likeness (QED) is 0.395. The smallest absolute Gasteiger partial charge is 0.334 e.